The van der Waals surface area contributed by atoms with Gasteiger partial charge in [0.05, 0.1) is 0 Å². The highest BCUT2D eigenvalue weighted by Crippen LogP contribution is 2.32. The highest BCUT2D eigenvalue weighted by Gasteiger charge is 2.34. The van der Waals surface area contributed by atoms with Gasteiger partial charge in [-0.1, -0.05) is 36.4 Å². The molecule has 176 valence electrons. The quantitative estimate of drug-likeness (QED) is 0.400. The monoisotopic (exact) mass is 488 g/mol. The van der Waals surface area contributed by atoms with Gasteiger partial charge < -0.3 is 9.32 Å². The third kappa shape index (κ3) is 3.45. The Balaban J connectivity index is 1.39. The predicted molar refractivity (Wildman–Crippen MR) is 119 cm³/mol. The number of rotatable bonds is 3. The van der Waals surface area contributed by atoms with E-state index in [1.54, 1.807) is 6.92 Å². The number of piperazine rings is 1. The molecular weight excluding hydrogens is 469 g/mol. The van der Waals surface area contributed by atoms with Crippen LogP contribution in [0.4, 0.5) is 13.2 Å². The van der Waals surface area contributed by atoms with Gasteiger partial charge in [-0.2, -0.15) is 4.31 Å². The number of carbonyl (C=O) groups is 1. The molecule has 1 aliphatic rings. The van der Waals surface area contributed by atoms with Gasteiger partial charge >= 0.3 is 0 Å². The Hall–Kier alpha value is -3.37. The van der Waals surface area contributed by atoms with Crippen molar-refractivity contribution in [1.29, 1.82) is 0 Å². The van der Waals surface area contributed by atoms with Gasteiger partial charge in [-0.25, -0.2) is 21.6 Å². The Kier molecular flexibility index (Phi) is 5.37. The predicted octanol–water partition coefficient (Wildman–Crippen LogP) is 4.46. The van der Waals surface area contributed by atoms with Crippen molar-refractivity contribution in [3.63, 3.8) is 0 Å². The number of halogens is 3. The molecule has 0 N–H and O–H groups in total. The molecule has 0 unspecified atom stereocenters. The van der Waals surface area contributed by atoms with Crippen LogP contribution in [0.3, 0.4) is 0 Å². The zero-order valence-corrected chi connectivity index (χ0v) is 18.8. The van der Waals surface area contributed by atoms with Crippen LogP contribution in [0.15, 0.2) is 57.8 Å². The summed E-state index contributed by atoms with van der Waals surface area (Å²) in [6.45, 7) is 1.59. The van der Waals surface area contributed by atoms with E-state index >= 15 is 0 Å². The van der Waals surface area contributed by atoms with Gasteiger partial charge in [0.15, 0.2) is 23.2 Å². The lowest BCUT2D eigenvalue weighted by molar-refractivity contribution is 0.0667. The molecule has 0 atom stereocenters. The van der Waals surface area contributed by atoms with Crippen LogP contribution in [0.1, 0.15) is 16.1 Å². The molecule has 2 heterocycles. The zero-order chi connectivity index (χ0) is 24.2. The Morgan fingerprint density at radius 3 is 2.32 bits per heavy atom. The minimum absolute atomic E-state index is 0.0284. The second kappa shape index (κ2) is 8.14. The molecule has 0 radical (unpaired) electrons. The van der Waals surface area contributed by atoms with E-state index in [0.29, 0.717) is 23.3 Å². The van der Waals surface area contributed by atoms with Gasteiger partial charge in [-0.3, -0.25) is 4.79 Å². The average molecular weight is 488 g/mol. The van der Waals surface area contributed by atoms with Crippen molar-refractivity contribution in [3.8, 4) is 0 Å². The molecule has 34 heavy (non-hydrogen) atoms. The maximum Gasteiger partial charge on any atom is 0.289 e. The number of carbonyl (C=O) groups excluding carboxylic acids is 1. The third-order valence-corrected chi connectivity index (χ3v) is 8.08. The Morgan fingerprint density at radius 1 is 0.882 bits per heavy atom. The molecule has 1 aromatic heterocycles. The van der Waals surface area contributed by atoms with Crippen molar-refractivity contribution in [2.45, 2.75) is 11.8 Å². The van der Waals surface area contributed by atoms with Gasteiger partial charge in [0, 0.05) is 42.5 Å². The van der Waals surface area contributed by atoms with Gasteiger partial charge in [0.2, 0.25) is 10.0 Å². The van der Waals surface area contributed by atoms with Crippen molar-refractivity contribution in [2.24, 2.45) is 0 Å². The summed E-state index contributed by atoms with van der Waals surface area (Å²) < 4.78 is 73.4. The van der Waals surface area contributed by atoms with Crippen LogP contribution in [0, 0.1) is 24.4 Å². The lowest BCUT2D eigenvalue weighted by Gasteiger charge is -2.33. The van der Waals surface area contributed by atoms with Crippen LogP contribution in [-0.2, 0) is 10.0 Å². The first-order valence-corrected chi connectivity index (χ1v) is 12.0. The molecule has 1 fully saturated rings. The number of hydrogen-bond donors (Lipinski definition) is 0. The lowest BCUT2D eigenvalue weighted by Crippen LogP contribution is -2.50. The largest absolute Gasteiger partial charge is 0.450 e. The minimum Gasteiger partial charge on any atom is -0.450 e. The SMILES string of the molecule is Cc1c(C(=O)N2CCN(S(=O)(=O)c3ccc(F)c(F)c3F)CC2)oc2c1ccc1ccccc12. The molecule has 0 saturated carbocycles. The van der Waals surface area contributed by atoms with E-state index in [4.69, 9.17) is 4.42 Å². The molecule has 0 spiro atoms. The van der Waals surface area contributed by atoms with E-state index in [2.05, 4.69) is 0 Å². The first-order chi connectivity index (χ1) is 16.2. The molecule has 0 aliphatic carbocycles. The summed E-state index contributed by atoms with van der Waals surface area (Å²) >= 11 is 0. The molecule has 1 aliphatic heterocycles. The standard InChI is InChI=1S/C24H19F3N2O4S/c1-14-16-7-6-15-4-2-3-5-17(15)23(16)33-22(14)24(30)28-10-12-29(13-11-28)34(31,32)19-9-8-18(25)20(26)21(19)27/h2-9H,10-13H2,1H3. The number of furan rings is 1. The molecule has 0 bridgehead atoms. The Bertz CT molecular complexity index is 1560. The molecule has 6 nitrogen and oxygen atoms in total. The first kappa shape index (κ1) is 22.4. The summed E-state index contributed by atoms with van der Waals surface area (Å²) in [5.41, 5.74) is 1.29. The summed E-state index contributed by atoms with van der Waals surface area (Å²) in [6, 6.07) is 12.8. The molecule has 4 aromatic rings. The fraction of sp³-hybridized carbons (Fsp3) is 0.208. The Morgan fingerprint density at radius 2 is 1.59 bits per heavy atom. The van der Waals surface area contributed by atoms with Gasteiger partial charge in [-0.15, -0.1) is 0 Å². The number of sulfonamides is 1. The third-order valence-electron chi connectivity index (χ3n) is 6.17. The summed E-state index contributed by atoms with van der Waals surface area (Å²) in [4.78, 5) is 13.7. The van der Waals surface area contributed by atoms with E-state index in [-0.39, 0.29) is 37.8 Å². The fourth-order valence-electron chi connectivity index (χ4n) is 4.27. The van der Waals surface area contributed by atoms with Crippen LogP contribution in [0.2, 0.25) is 0 Å². The minimum atomic E-state index is -4.41. The first-order valence-electron chi connectivity index (χ1n) is 10.5. The van der Waals surface area contributed by atoms with Crippen LogP contribution < -0.4 is 0 Å². The summed E-state index contributed by atoms with van der Waals surface area (Å²) in [6.07, 6.45) is 0. The summed E-state index contributed by atoms with van der Waals surface area (Å²) in [5, 5.41) is 2.68. The van der Waals surface area contributed by atoms with Crippen molar-refractivity contribution >= 4 is 37.7 Å². The highest BCUT2D eigenvalue weighted by molar-refractivity contribution is 7.89. The van der Waals surface area contributed by atoms with Crippen molar-refractivity contribution in [1.82, 2.24) is 9.21 Å². The number of benzene rings is 3. The number of nitrogens with zero attached hydrogens (tertiary/aromatic N) is 2. The average Bonchev–Trinajstić information content (AvgIpc) is 3.19. The molecule has 5 rings (SSSR count). The van der Waals surface area contributed by atoms with Gasteiger partial charge in [0.25, 0.3) is 5.91 Å². The van der Waals surface area contributed by atoms with Gasteiger partial charge in [0.1, 0.15) is 10.5 Å². The highest BCUT2D eigenvalue weighted by atomic mass is 32.2. The Labute approximate surface area is 193 Å². The number of fused-ring (bicyclic) bond motifs is 3. The van der Waals surface area contributed by atoms with E-state index in [9.17, 15) is 26.4 Å². The summed E-state index contributed by atoms with van der Waals surface area (Å²) in [7, 11) is -4.41. The maximum absolute atomic E-state index is 14.1. The topological polar surface area (TPSA) is 70.8 Å². The number of amides is 1. The van der Waals surface area contributed by atoms with Crippen LogP contribution in [-0.4, -0.2) is 49.7 Å². The lowest BCUT2D eigenvalue weighted by atomic mass is 10.1. The van der Waals surface area contributed by atoms with Crippen molar-refractivity contribution in [3.05, 3.63) is 77.3 Å². The van der Waals surface area contributed by atoms with Crippen LogP contribution in [0.25, 0.3) is 21.7 Å². The van der Waals surface area contributed by atoms with Crippen molar-refractivity contribution in [2.75, 3.05) is 26.2 Å². The van der Waals surface area contributed by atoms with Gasteiger partial charge in [-0.05, 0) is 24.4 Å². The van der Waals surface area contributed by atoms with E-state index in [0.717, 1.165) is 20.5 Å². The van der Waals surface area contributed by atoms with Crippen molar-refractivity contribution < 1.29 is 30.8 Å². The molecular formula is C24H19F3N2O4S. The zero-order valence-electron chi connectivity index (χ0n) is 18.0. The maximum atomic E-state index is 14.1. The van der Waals surface area contributed by atoms with E-state index in [1.807, 2.05) is 36.4 Å². The van der Waals surface area contributed by atoms with Crippen LogP contribution in [0.5, 0.6) is 0 Å². The van der Waals surface area contributed by atoms with E-state index in [1.165, 1.54) is 4.90 Å². The normalized spacial score (nSPS) is 15.4. The molecule has 1 amide bonds. The summed E-state index contributed by atoms with van der Waals surface area (Å²) in [5.74, 6) is -5.28. The second-order valence-electron chi connectivity index (χ2n) is 8.09. The van der Waals surface area contributed by atoms with Crippen LogP contribution >= 0.6 is 0 Å². The fourth-order valence-corrected chi connectivity index (χ4v) is 5.75. The smallest absolute Gasteiger partial charge is 0.289 e. The second-order valence-corrected chi connectivity index (χ2v) is 10.00. The number of aryl methyl sites for hydroxylation is 1. The number of hydrogen-bond acceptors (Lipinski definition) is 4. The molecule has 1 saturated heterocycles. The molecule has 3 aromatic carbocycles. The molecule has 10 heteroatoms. The van der Waals surface area contributed by atoms with E-state index < -0.39 is 32.4 Å².